The van der Waals surface area contributed by atoms with Crippen LogP contribution in [0.4, 0.5) is 5.69 Å². The van der Waals surface area contributed by atoms with Crippen LogP contribution in [-0.4, -0.2) is 47.1 Å². The number of fused-ring (bicyclic) bond motifs is 2. The lowest BCUT2D eigenvalue weighted by Gasteiger charge is -2.24. The van der Waals surface area contributed by atoms with Gasteiger partial charge in [0.1, 0.15) is 24.7 Å². The van der Waals surface area contributed by atoms with E-state index in [2.05, 4.69) is 15.4 Å². The van der Waals surface area contributed by atoms with Crippen LogP contribution in [0.1, 0.15) is 34.9 Å². The molecule has 10 heteroatoms. The predicted molar refractivity (Wildman–Crippen MR) is 165 cm³/mol. The second-order valence-corrected chi connectivity index (χ2v) is 10.8. The number of benzene rings is 3. The summed E-state index contributed by atoms with van der Waals surface area (Å²) < 4.78 is 24.8. The monoisotopic (exact) mass is 590 g/mol. The quantitative estimate of drug-likeness (QED) is 0.259. The summed E-state index contributed by atoms with van der Waals surface area (Å²) >= 11 is 0. The Labute approximate surface area is 253 Å². The van der Waals surface area contributed by atoms with Gasteiger partial charge in [0.05, 0.1) is 11.6 Å². The van der Waals surface area contributed by atoms with Crippen LogP contribution in [0.25, 0.3) is 22.0 Å². The number of rotatable bonds is 6. The van der Waals surface area contributed by atoms with Crippen LogP contribution in [-0.2, 0) is 4.74 Å². The minimum atomic E-state index is -0.578. The van der Waals surface area contributed by atoms with Crippen LogP contribution in [0.5, 0.6) is 23.0 Å². The largest absolute Gasteiger partial charge is 0.486 e. The normalized spacial score (nSPS) is 14.8. The van der Waals surface area contributed by atoms with E-state index in [1.807, 2.05) is 43.3 Å². The summed E-state index contributed by atoms with van der Waals surface area (Å²) in [5, 5.41) is 8.14. The standard InChI is InChI=1S/C34H30N4O6/c1-21-2-4-22(5-3-21)27-20-38(24-11-14-41-15-12-24)37-32(33(27)39)34(40)36-23-6-8-25(9-7-23)44-29-10-13-35-28-19-31-30(18-26(28)29)42-16-17-43-31/h2-10,13,18-20,24H,11-12,14-17H2,1H3,(H,36,40). The lowest BCUT2D eigenvalue weighted by Crippen LogP contribution is -2.30. The minimum Gasteiger partial charge on any atom is -0.486 e. The van der Waals surface area contributed by atoms with Gasteiger partial charge < -0.3 is 24.3 Å². The Bertz CT molecular complexity index is 1900. The lowest BCUT2D eigenvalue weighted by atomic mass is 10.0. The number of ether oxygens (including phenoxy) is 4. The fourth-order valence-electron chi connectivity index (χ4n) is 5.40. The van der Waals surface area contributed by atoms with Crippen molar-refractivity contribution in [3.8, 4) is 34.1 Å². The first-order valence-electron chi connectivity index (χ1n) is 14.6. The second kappa shape index (κ2) is 11.8. The molecule has 222 valence electrons. The molecule has 1 saturated heterocycles. The molecule has 0 atom stereocenters. The maximum atomic E-state index is 13.6. The van der Waals surface area contributed by atoms with E-state index in [0.717, 1.165) is 34.9 Å². The van der Waals surface area contributed by atoms with Crippen molar-refractivity contribution < 1.29 is 23.7 Å². The van der Waals surface area contributed by atoms with Gasteiger partial charge in [0, 0.05) is 48.3 Å². The molecule has 10 nitrogen and oxygen atoms in total. The van der Waals surface area contributed by atoms with Gasteiger partial charge in [0.2, 0.25) is 5.43 Å². The minimum absolute atomic E-state index is 0.0328. The van der Waals surface area contributed by atoms with E-state index in [4.69, 9.17) is 18.9 Å². The van der Waals surface area contributed by atoms with Gasteiger partial charge in [-0.25, -0.2) is 0 Å². The lowest BCUT2D eigenvalue weighted by molar-refractivity contribution is 0.0655. The summed E-state index contributed by atoms with van der Waals surface area (Å²) in [6.45, 7) is 4.18. The van der Waals surface area contributed by atoms with Gasteiger partial charge >= 0.3 is 0 Å². The highest BCUT2D eigenvalue weighted by molar-refractivity contribution is 6.03. The first kappa shape index (κ1) is 27.6. The number of aromatic nitrogens is 3. The molecule has 0 unspecified atom stereocenters. The molecule has 3 aromatic carbocycles. The van der Waals surface area contributed by atoms with Gasteiger partial charge in [-0.3, -0.25) is 19.3 Å². The van der Waals surface area contributed by atoms with Gasteiger partial charge in [-0.1, -0.05) is 29.8 Å². The molecular weight excluding hydrogens is 560 g/mol. The predicted octanol–water partition coefficient (Wildman–Crippen LogP) is 5.93. The Morgan fingerprint density at radius 3 is 2.41 bits per heavy atom. The molecule has 2 aromatic heterocycles. The molecule has 0 radical (unpaired) electrons. The molecular formula is C34H30N4O6. The molecule has 44 heavy (non-hydrogen) atoms. The third-order valence-corrected chi connectivity index (χ3v) is 7.78. The van der Waals surface area contributed by atoms with Crippen LogP contribution in [0.3, 0.4) is 0 Å². The van der Waals surface area contributed by atoms with Crippen LogP contribution in [0.15, 0.2) is 83.9 Å². The molecule has 7 rings (SSSR count). The van der Waals surface area contributed by atoms with Crippen LogP contribution in [0.2, 0.25) is 0 Å². The number of nitrogens with one attached hydrogen (secondary N) is 1. The number of carbonyl (C=O) groups excluding carboxylic acids is 1. The average Bonchev–Trinajstić information content (AvgIpc) is 3.06. The highest BCUT2D eigenvalue weighted by Crippen LogP contribution is 2.38. The number of pyridine rings is 1. The van der Waals surface area contributed by atoms with Gasteiger partial charge in [-0.05, 0) is 61.7 Å². The summed E-state index contributed by atoms with van der Waals surface area (Å²) in [6.07, 6.45) is 4.93. The van der Waals surface area contributed by atoms with Crippen molar-refractivity contribution in [1.82, 2.24) is 14.8 Å². The van der Waals surface area contributed by atoms with Gasteiger partial charge in [0.15, 0.2) is 17.2 Å². The number of hydrogen-bond donors (Lipinski definition) is 1. The fraction of sp³-hybridized carbons (Fsp3) is 0.235. The van der Waals surface area contributed by atoms with Gasteiger partial charge in [0.25, 0.3) is 5.91 Å². The van der Waals surface area contributed by atoms with Crippen LogP contribution < -0.4 is 25.0 Å². The molecule has 2 aliphatic rings. The highest BCUT2D eigenvalue weighted by Gasteiger charge is 2.23. The van der Waals surface area contributed by atoms with E-state index in [0.29, 0.717) is 60.7 Å². The number of anilines is 1. The van der Waals surface area contributed by atoms with Crippen LogP contribution in [0, 0.1) is 6.92 Å². The zero-order valence-corrected chi connectivity index (χ0v) is 24.1. The zero-order chi connectivity index (χ0) is 30.0. The first-order chi connectivity index (χ1) is 21.5. The molecule has 0 aliphatic carbocycles. The van der Waals surface area contributed by atoms with E-state index < -0.39 is 11.3 Å². The molecule has 1 N–H and O–H groups in total. The van der Waals surface area contributed by atoms with Gasteiger partial charge in [-0.2, -0.15) is 5.10 Å². The summed E-state index contributed by atoms with van der Waals surface area (Å²) in [7, 11) is 0. The van der Waals surface area contributed by atoms with Crippen molar-refractivity contribution in [1.29, 1.82) is 0 Å². The Balaban J connectivity index is 1.14. The smallest absolute Gasteiger partial charge is 0.280 e. The Kier molecular flexibility index (Phi) is 7.41. The number of nitrogens with zero attached hydrogens (tertiary/aromatic N) is 3. The molecule has 0 saturated carbocycles. The summed E-state index contributed by atoms with van der Waals surface area (Å²) in [5.74, 6) is 1.90. The van der Waals surface area contributed by atoms with E-state index >= 15 is 0 Å². The summed E-state index contributed by atoms with van der Waals surface area (Å²) in [6, 6.07) is 20.1. The van der Waals surface area contributed by atoms with Crippen molar-refractivity contribution in [3.05, 3.63) is 101 Å². The van der Waals surface area contributed by atoms with E-state index in [1.165, 1.54) is 0 Å². The fourth-order valence-corrected chi connectivity index (χ4v) is 5.40. The number of hydrogen-bond acceptors (Lipinski definition) is 8. The topological polar surface area (TPSA) is 114 Å². The summed E-state index contributed by atoms with van der Waals surface area (Å²) in [5.41, 5.74) is 2.90. The molecule has 0 bridgehead atoms. The molecule has 4 heterocycles. The maximum Gasteiger partial charge on any atom is 0.280 e. The van der Waals surface area contributed by atoms with E-state index in [1.54, 1.807) is 47.4 Å². The Morgan fingerprint density at radius 1 is 0.932 bits per heavy atom. The van der Waals surface area contributed by atoms with Gasteiger partial charge in [-0.15, -0.1) is 0 Å². The Hall–Kier alpha value is -5.22. The van der Waals surface area contributed by atoms with Crippen molar-refractivity contribution in [2.45, 2.75) is 25.8 Å². The van der Waals surface area contributed by atoms with E-state index in [9.17, 15) is 9.59 Å². The number of carbonyl (C=O) groups is 1. The number of aryl methyl sites for hydroxylation is 1. The molecule has 5 aromatic rings. The second-order valence-electron chi connectivity index (χ2n) is 10.8. The average molecular weight is 591 g/mol. The third-order valence-electron chi connectivity index (χ3n) is 7.78. The zero-order valence-electron chi connectivity index (χ0n) is 24.1. The van der Waals surface area contributed by atoms with Crippen molar-refractivity contribution >= 4 is 22.5 Å². The number of amides is 1. The van der Waals surface area contributed by atoms with Crippen molar-refractivity contribution in [2.24, 2.45) is 0 Å². The Morgan fingerprint density at radius 2 is 1.66 bits per heavy atom. The van der Waals surface area contributed by atoms with Crippen molar-refractivity contribution in [3.63, 3.8) is 0 Å². The maximum absolute atomic E-state index is 13.6. The summed E-state index contributed by atoms with van der Waals surface area (Å²) in [4.78, 5) is 31.5. The molecule has 1 fully saturated rings. The first-order valence-corrected chi connectivity index (χ1v) is 14.6. The van der Waals surface area contributed by atoms with Crippen molar-refractivity contribution in [2.75, 3.05) is 31.7 Å². The molecule has 1 amide bonds. The highest BCUT2D eigenvalue weighted by atomic mass is 16.6. The SMILES string of the molecule is Cc1ccc(-c2cn(C3CCOCC3)nc(C(=O)Nc3ccc(Oc4ccnc5cc6c(cc45)OCCO6)cc3)c2=O)cc1. The van der Waals surface area contributed by atoms with Crippen LogP contribution >= 0.6 is 0 Å². The molecule has 2 aliphatic heterocycles. The molecule has 0 spiro atoms. The third kappa shape index (κ3) is 5.59. The van der Waals surface area contributed by atoms with E-state index in [-0.39, 0.29) is 11.7 Å².